The standard InChI is InChI=1S/C24H31N3O2/c1-2-29-23-8-4-3-7-22(23)27-16-14-26(15-17-27)13-5-6-19-9-11-21-20(18-19)10-12-24(28)25-21/h3-4,7-9,11,18H,2,5-6,10,12-17H2,1H3,(H,25,28). The molecule has 2 aliphatic heterocycles. The van der Waals surface area contributed by atoms with Gasteiger partial charge in [0, 0.05) is 38.3 Å². The van der Waals surface area contributed by atoms with Gasteiger partial charge in [-0.05, 0) is 62.1 Å². The molecule has 1 amide bonds. The molecule has 29 heavy (non-hydrogen) atoms. The Hall–Kier alpha value is -2.53. The quantitative estimate of drug-likeness (QED) is 0.779. The predicted molar refractivity (Wildman–Crippen MR) is 118 cm³/mol. The number of piperazine rings is 1. The summed E-state index contributed by atoms with van der Waals surface area (Å²) in [5.74, 6) is 1.13. The molecule has 2 heterocycles. The van der Waals surface area contributed by atoms with E-state index in [1.165, 1.54) is 23.2 Å². The number of para-hydroxylation sites is 2. The van der Waals surface area contributed by atoms with E-state index in [0.29, 0.717) is 13.0 Å². The van der Waals surface area contributed by atoms with Crippen LogP contribution in [0.2, 0.25) is 0 Å². The van der Waals surface area contributed by atoms with Crippen LogP contribution in [0.25, 0.3) is 0 Å². The summed E-state index contributed by atoms with van der Waals surface area (Å²) in [7, 11) is 0. The van der Waals surface area contributed by atoms with Crippen molar-refractivity contribution in [3.8, 4) is 5.75 Å². The first kappa shape index (κ1) is 19.8. The second-order valence-corrected chi connectivity index (χ2v) is 7.87. The van der Waals surface area contributed by atoms with Crippen LogP contribution in [0, 0.1) is 0 Å². The van der Waals surface area contributed by atoms with Gasteiger partial charge in [0.25, 0.3) is 0 Å². The van der Waals surface area contributed by atoms with Gasteiger partial charge in [-0.3, -0.25) is 9.69 Å². The van der Waals surface area contributed by atoms with E-state index < -0.39 is 0 Å². The third kappa shape index (κ3) is 4.91. The molecule has 0 radical (unpaired) electrons. The van der Waals surface area contributed by atoms with Crippen molar-refractivity contribution in [2.24, 2.45) is 0 Å². The number of amides is 1. The number of hydrogen-bond acceptors (Lipinski definition) is 4. The summed E-state index contributed by atoms with van der Waals surface area (Å²) in [5.41, 5.74) is 4.87. The lowest BCUT2D eigenvalue weighted by Crippen LogP contribution is -2.46. The molecule has 2 aromatic rings. The number of rotatable bonds is 7. The van der Waals surface area contributed by atoms with Crippen molar-refractivity contribution in [1.82, 2.24) is 4.90 Å². The summed E-state index contributed by atoms with van der Waals surface area (Å²) in [6, 6.07) is 14.9. The van der Waals surface area contributed by atoms with Crippen molar-refractivity contribution in [2.75, 3.05) is 49.5 Å². The maximum atomic E-state index is 11.5. The first-order valence-electron chi connectivity index (χ1n) is 10.8. The largest absolute Gasteiger partial charge is 0.492 e. The fraction of sp³-hybridized carbons (Fsp3) is 0.458. The molecule has 5 nitrogen and oxygen atoms in total. The summed E-state index contributed by atoms with van der Waals surface area (Å²) in [6.45, 7) is 8.15. The van der Waals surface area contributed by atoms with E-state index in [4.69, 9.17) is 4.74 Å². The second kappa shape index (κ2) is 9.31. The molecule has 0 unspecified atom stereocenters. The van der Waals surface area contributed by atoms with Crippen LogP contribution in [0.5, 0.6) is 5.75 Å². The van der Waals surface area contributed by atoms with E-state index >= 15 is 0 Å². The van der Waals surface area contributed by atoms with Crippen molar-refractivity contribution in [1.29, 1.82) is 0 Å². The molecule has 0 atom stereocenters. The average Bonchev–Trinajstić information content (AvgIpc) is 2.75. The summed E-state index contributed by atoms with van der Waals surface area (Å²) in [4.78, 5) is 16.5. The second-order valence-electron chi connectivity index (χ2n) is 7.87. The summed E-state index contributed by atoms with van der Waals surface area (Å²) in [5, 5.41) is 2.96. The number of benzene rings is 2. The van der Waals surface area contributed by atoms with Gasteiger partial charge in [0.05, 0.1) is 12.3 Å². The molecule has 0 bridgehead atoms. The average molecular weight is 394 g/mol. The zero-order chi connectivity index (χ0) is 20.1. The van der Waals surface area contributed by atoms with E-state index in [1.807, 2.05) is 13.0 Å². The summed E-state index contributed by atoms with van der Waals surface area (Å²) in [6.07, 6.45) is 3.72. The molecule has 4 rings (SSSR count). The van der Waals surface area contributed by atoms with Crippen molar-refractivity contribution in [2.45, 2.75) is 32.6 Å². The minimum atomic E-state index is 0.133. The van der Waals surface area contributed by atoms with Crippen LogP contribution >= 0.6 is 0 Å². The molecular weight excluding hydrogens is 362 g/mol. The van der Waals surface area contributed by atoms with Crippen LogP contribution in [0.4, 0.5) is 11.4 Å². The lowest BCUT2D eigenvalue weighted by atomic mass is 9.98. The fourth-order valence-electron chi connectivity index (χ4n) is 4.31. The molecule has 2 aliphatic rings. The molecule has 0 spiro atoms. The zero-order valence-electron chi connectivity index (χ0n) is 17.3. The van der Waals surface area contributed by atoms with Crippen LogP contribution in [-0.4, -0.2) is 50.1 Å². The Morgan fingerprint density at radius 1 is 1.03 bits per heavy atom. The Kier molecular flexibility index (Phi) is 6.35. The lowest BCUT2D eigenvalue weighted by molar-refractivity contribution is -0.116. The third-order valence-electron chi connectivity index (χ3n) is 5.88. The fourth-order valence-corrected chi connectivity index (χ4v) is 4.31. The van der Waals surface area contributed by atoms with Gasteiger partial charge in [-0.15, -0.1) is 0 Å². The number of nitrogens with zero attached hydrogens (tertiary/aromatic N) is 2. The molecule has 0 aromatic heterocycles. The Morgan fingerprint density at radius 2 is 1.86 bits per heavy atom. The number of carbonyl (C=O) groups is 1. The number of hydrogen-bond donors (Lipinski definition) is 1. The molecule has 2 aromatic carbocycles. The molecule has 1 N–H and O–H groups in total. The molecular formula is C24H31N3O2. The van der Waals surface area contributed by atoms with Crippen molar-refractivity contribution < 1.29 is 9.53 Å². The third-order valence-corrected chi connectivity index (χ3v) is 5.88. The van der Waals surface area contributed by atoms with E-state index in [-0.39, 0.29) is 5.91 Å². The van der Waals surface area contributed by atoms with Gasteiger partial charge in [0.1, 0.15) is 5.75 Å². The highest BCUT2D eigenvalue weighted by molar-refractivity contribution is 5.93. The van der Waals surface area contributed by atoms with E-state index in [1.54, 1.807) is 0 Å². The van der Waals surface area contributed by atoms with E-state index in [2.05, 4.69) is 51.5 Å². The van der Waals surface area contributed by atoms with E-state index in [0.717, 1.165) is 57.0 Å². The molecule has 1 fully saturated rings. The number of ether oxygens (including phenoxy) is 1. The minimum absolute atomic E-state index is 0.133. The Morgan fingerprint density at radius 3 is 2.69 bits per heavy atom. The van der Waals surface area contributed by atoms with E-state index in [9.17, 15) is 4.79 Å². The Balaban J connectivity index is 1.24. The lowest BCUT2D eigenvalue weighted by Gasteiger charge is -2.36. The van der Waals surface area contributed by atoms with Gasteiger partial charge < -0.3 is 15.0 Å². The van der Waals surface area contributed by atoms with Gasteiger partial charge in [0.15, 0.2) is 0 Å². The first-order valence-corrected chi connectivity index (χ1v) is 10.8. The summed E-state index contributed by atoms with van der Waals surface area (Å²) >= 11 is 0. The monoisotopic (exact) mass is 393 g/mol. The van der Waals surface area contributed by atoms with Crippen LogP contribution in [0.1, 0.15) is 30.9 Å². The van der Waals surface area contributed by atoms with Crippen LogP contribution < -0.4 is 15.0 Å². The first-order chi connectivity index (χ1) is 14.2. The Labute approximate surface area is 173 Å². The van der Waals surface area contributed by atoms with Gasteiger partial charge in [-0.25, -0.2) is 0 Å². The number of carbonyl (C=O) groups excluding carboxylic acids is 1. The zero-order valence-corrected chi connectivity index (χ0v) is 17.3. The minimum Gasteiger partial charge on any atom is -0.492 e. The molecule has 5 heteroatoms. The highest BCUT2D eigenvalue weighted by atomic mass is 16.5. The number of fused-ring (bicyclic) bond motifs is 1. The van der Waals surface area contributed by atoms with Crippen LogP contribution in [0.15, 0.2) is 42.5 Å². The van der Waals surface area contributed by atoms with Gasteiger partial charge in [-0.2, -0.15) is 0 Å². The number of aryl methyl sites for hydroxylation is 2. The van der Waals surface area contributed by atoms with Crippen LogP contribution in [0.3, 0.4) is 0 Å². The van der Waals surface area contributed by atoms with Crippen molar-refractivity contribution in [3.63, 3.8) is 0 Å². The number of nitrogens with one attached hydrogen (secondary N) is 1. The molecule has 0 aliphatic carbocycles. The smallest absolute Gasteiger partial charge is 0.224 e. The summed E-state index contributed by atoms with van der Waals surface area (Å²) < 4.78 is 5.80. The maximum Gasteiger partial charge on any atom is 0.224 e. The van der Waals surface area contributed by atoms with Crippen molar-refractivity contribution in [3.05, 3.63) is 53.6 Å². The Bertz CT molecular complexity index is 844. The highest BCUT2D eigenvalue weighted by Gasteiger charge is 2.19. The van der Waals surface area contributed by atoms with Gasteiger partial charge in [0.2, 0.25) is 5.91 Å². The number of anilines is 2. The van der Waals surface area contributed by atoms with Crippen LogP contribution in [-0.2, 0) is 17.6 Å². The van der Waals surface area contributed by atoms with Crippen molar-refractivity contribution >= 4 is 17.3 Å². The SMILES string of the molecule is CCOc1ccccc1N1CCN(CCCc2ccc3c(c2)CCC(=O)N3)CC1. The maximum absolute atomic E-state index is 11.5. The van der Waals surface area contributed by atoms with Gasteiger partial charge >= 0.3 is 0 Å². The molecule has 0 saturated carbocycles. The van der Waals surface area contributed by atoms with Gasteiger partial charge in [-0.1, -0.05) is 24.3 Å². The predicted octanol–water partition coefficient (Wildman–Crippen LogP) is 3.72. The topological polar surface area (TPSA) is 44.8 Å². The highest BCUT2D eigenvalue weighted by Crippen LogP contribution is 2.29. The normalized spacial score (nSPS) is 17.0. The molecule has 1 saturated heterocycles. The molecule has 154 valence electrons.